The van der Waals surface area contributed by atoms with E-state index in [9.17, 15) is 91.0 Å². The van der Waals surface area contributed by atoms with Crippen molar-refractivity contribution >= 4 is 17.9 Å². The molecule has 5 heterocycles. The number of carbonyl (C=O) groups excluding carboxylic acids is 2. The third kappa shape index (κ3) is 12.2. The molecule has 5 aliphatic carbocycles. The van der Waals surface area contributed by atoms with Gasteiger partial charge in [0.1, 0.15) is 91.6 Å². The van der Waals surface area contributed by atoms with Crippen molar-refractivity contribution in [2.45, 2.75) is 273 Å². The molecule has 0 bridgehead atoms. The summed E-state index contributed by atoms with van der Waals surface area (Å²) in [4.78, 5) is 36.7. The number of carboxylic acids is 1. The highest BCUT2D eigenvalue weighted by molar-refractivity contribution is 5.73. The fraction of sp³-hybridized carbons (Fsp3) is 0.919. The van der Waals surface area contributed by atoms with Gasteiger partial charge in [0.25, 0.3) is 0 Å². The first kappa shape index (κ1) is 71.9. The van der Waals surface area contributed by atoms with E-state index in [1.807, 2.05) is 20.8 Å². The number of carbonyl (C=O) groups is 3. The van der Waals surface area contributed by atoms with Crippen LogP contribution in [0.1, 0.15) is 114 Å². The van der Waals surface area contributed by atoms with E-state index in [0.717, 1.165) is 13.8 Å². The lowest BCUT2D eigenvalue weighted by molar-refractivity contribution is -0.397. The van der Waals surface area contributed by atoms with Crippen molar-refractivity contribution < 1.29 is 148 Å². The first-order chi connectivity index (χ1) is 43.1. The quantitative estimate of drug-likeness (QED) is 0.0409. The van der Waals surface area contributed by atoms with Crippen LogP contribution in [0.2, 0.25) is 0 Å². The van der Waals surface area contributed by atoms with E-state index in [-0.39, 0.29) is 42.8 Å². The van der Waals surface area contributed by atoms with Crippen LogP contribution in [0.25, 0.3) is 0 Å². The monoisotopic (exact) mass is 1320 g/mol. The molecule has 526 valence electrons. The minimum absolute atomic E-state index is 0.0185. The van der Waals surface area contributed by atoms with Crippen molar-refractivity contribution in [3.8, 4) is 0 Å². The second kappa shape index (κ2) is 26.8. The van der Waals surface area contributed by atoms with Crippen LogP contribution in [-0.4, -0.2) is 287 Å². The Bertz CT molecular complexity index is 2650. The summed E-state index contributed by atoms with van der Waals surface area (Å²) < 4.78 is 71.4. The summed E-state index contributed by atoms with van der Waals surface area (Å²) in [5, 5.41) is 166. The minimum atomic E-state index is -2.17. The Morgan fingerprint density at radius 1 is 0.543 bits per heavy atom. The van der Waals surface area contributed by atoms with Crippen LogP contribution < -0.4 is 0 Å². The van der Waals surface area contributed by atoms with Gasteiger partial charge in [-0.1, -0.05) is 60.1 Å². The zero-order chi connectivity index (χ0) is 67.4. The Hall–Kier alpha value is -2.81. The number of aliphatic carboxylic acids is 1. The molecule has 9 fully saturated rings. The number of aliphatic hydroxyl groups excluding tert-OH is 14. The van der Waals surface area contributed by atoms with E-state index in [1.165, 1.54) is 5.57 Å². The lowest BCUT2D eigenvalue weighted by Crippen LogP contribution is -2.69. The number of ether oxygens (including phenoxy) is 12. The summed E-state index contributed by atoms with van der Waals surface area (Å²) in [5.41, 5.74) is -2.63. The molecular weight excluding hydrogens is 1220 g/mol. The molecule has 4 saturated carbocycles. The Labute approximate surface area is 532 Å². The van der Waals surface area contributed by atoms with Gasteiger partial charge in [0, 0.05) is 24.7 Å². The average molecular weight is 1320 g/mol. The number of allylic oxidation sites excluding steroid dienone is 2. The number of aliphatic hydroxyl groups is 14. The first-order valence-corrected chi connectivity index (χ1v) is 32.1. The topological polar surface area (TPSA) is 465 Å². The van der Waals surface area contributed by atoms with E-state index in [0.29, 0.717) is 44.9 Å². The molecule has 0 aromatic rings. The highest BCUT2D eigenvalue weighted by atomic mass is 16.8. The molecule has 34 atom stereocenters. The summed E-state index contributed by atoms with van der Waals surface area (Å²) in [5.74, 6) is -3.60. The van der Waals surface area contributed by atoms with Crippen LogP contribution in [0.3, 0.4) is 0 Å². The van der Waals surface area contributed by atoms with Crippen LogP contribution in [0.15, 0.2) is 11.6 Å². The Morgan fingerprint density at radius 2 is 1.13 bits per heavy atom. The number of hydrogen-bond acceptors (Lipinski definition) is 29. The fourth-order valence-electron chi connectivity index (χ4n) is 18.2. The molecule has 5 saturated heterocycles. The van der Waals surface area contributed by atoms with Crippen molar-refractivity contribution in [2.75, 3.05) is 33.0 Å². The highest BCUT2D eigenvalue weighted by Gasteiger charge is 2.71. The van der Waals surface area contributed by atoms with E-state index in [2.05, 4.69) is 33.8 Å². The van der Waals surface area contributed by atoms with Gasteiger partial charge in [-0.3, -0.25) is 9.59 Å². The molecule has 0 aromatic carbocycles. The van der Waals surface area contributed by atoms with Gasteiger partial charge in [-0.05, 0) is 90.8 Å². The third-order valence-electron chi connectivity index (χ3n) is 23.8. The summed E-state index contributed by atoms with van der Waals surface area (Å²) in [6.07, 6.45) is -36.9. The van der Waals surface area contributed by atoms with Gasteiger partial charge in [0.15, 0.2) is 49.8 Å². The summed E-state index contributed by atoms with van der Waals surface area (Å²) >= 11 is 0. The lowest BCUT2D eigenvalue weighted by Gasteiger charge is -2.72. The predicted octanol–water partition coefficient (Wildman–Crippen LogP) is -3.28. The molecule has 0 amide bonds. The van der Waals surface area contributed by atoms with Gasteiger partial charge in [-0.25, -0.2) is 4.79 Å². The average Bonchev–Trinajstić information content (AvgIpc) is 0.675. The normalized spacial score (nSPS) is 52.6. The molecule has 0 aromatic heterocycles. The van der Waals surface area contributed by atoms with E-state index < -0.39 is 224 Å². The van der Waals surface area contributed by atoms with Crippen LogP contribution in [0.5, 0.6) is 0 Å². The molecule has 0 spiro atoms. The van der Waals surface area contributed by atoms with Gasteiger partial charge in [0.05, 0.1) is 51.3 Å². The van der Waals surface area contributed by atoms with Gasteiger partial charge in [-0.15, -0.1) is 0 Å². The molecule has 30 heteroatoms. The largest absolute Gasteiger partial charge is 0.479 e. The van der Waals surface area contributed by atoms with Gasteiger partial charge >= 0.3 is 17.9 Å². The maximum Gasteiger partial charge on any atom is 0.335 e. The van der Waals surface area contributed by atoms with Crippen molar-refractivity contribution in [2.24, 2.45) is 50.2 Å². The molecule has 5 aliphatic heterocycles. The smallest absolute Gasteiger partial charge is 0.335 e. The molecule has 10 aliphatic rings. The molecule has 15 N–H and O–H groups in total. The van der Waals surface area contributed by atoms with Crippen LogP contribution in [0.4, 0.5) is 0 Å². The summed E-state index contributed by atoms with van der Waals surface area (Å²) in [6.45, 7) is 14.1. The van der Waals surface area contributed by atoms with Crippen molar-refractivity contribution in [1.82, 2.24) is 0 Å². The van der Waals surface area contributed by atoms with Gasteiger partial charge in [0.2, 0.25) is 0 Å². The number of carboxylic acid groups (broad SMARTS) is 1. The van der Waals surface area contributed by atoms with Crippen molar-refractivity contribution in [3.63, 3.8) is 0 Å². The second-order valence-corrected chi connectivity index (χ2v) is 29.5. The molecule has 30 nitrogen and oxygen atoms in total. The Kier molecular flexibility index (Phi) is 21.0. The third-order valence-corrected chi connectivity index (χ3v) is 23.8. The highest BCUT2D eigenvalue weighted by Crippen LogP contribution is 2.76. The van der Waals surface area contributed by atoms with E-state index in [1.54, 1.807) is 0 Å². The number of fused-ring (bicyclic) bond motifs is 7. The van der Waals surface area contributed by atoms with Crippen molar-refractivity contribution in [1.29, 1.82) is 0 Å². The van der Waals surface area contributed by atoms with Crippen LogP contribution in [-0.2, 0) is 71.2 Å². The van der Waals surface area contributed by atoms with Crippen molar-refractivity contribution in [3.05, 3.63) is 11.6 Å². The predicted molar refractivity (Wildman–Crippen MR) is 306 cm³/mol. The number of rotatable bonds is 16. The SMILES string of the molecule is CC(=O)O[C@H]1[C@H](O[C@@H]2[C@@H](O)[C@@H](O[C@@H]3[C@H](O)C(C)(C)C[C@H]4C5=CC[C@@H]6[C@]7(C)CC[C@H](O[C@@H]8O[C@H](C(=O)O)[C@@H](O)[C@H](O)[C@H]8O[C@@H]8O[C@H](CO)[C@H](O)[C@H](O)[C@H]8O[C@@H]8O[C@H](CO)[C@@H](O)[C@H](O)[C@H]8O)[C@](C)(CO)[C@@H]7CC[C@]6(C)[C@@]5(C)CC[C@@]34C)OC[C@@H]2O)OC[C@@H](OC(C)=O)[C@@H]1O. The summed E-state index contributed by atoms with van der Waals surface area (Å²) in [6, 6.07) is 0. The zero-order valence-electron chi connectivity index (χ0n) is 53.3. The maximum absolute atomic E-state index is 12.7. The molecule has 0 radical (unpaired) electrons. The molecule has 0 unspecified atom stereocenters. The summed E-state index contributed by atoms with van der Waals surface area (Å²) in [7, 11) is 0. The second-order valence-electron chi connectivity index (χ2n) is 29.5. The van der Waals surface area contributed by atoms with E-state index in [4.69, 9.17) is 56.8 Å². The fourth-order valence-corrected chi connectivity index (χ4v) is 18.2. The van der Waals surface area contributed by atoms with Crippen LogP contribution in [0, 0.1) is 50.2 Å². The zero-order valence-corrected chi connectivity index (χ0v) is 53.3. The standard InChI is InChI=1S/C62H98O30/c1-24(66)83-31-22-82-54(46(37(31)71)84-25(2)67)88-44-28(68)21-81-52(43(44)77)92-50-49(78)57(3,4)18-27-26-10-11-33-59(6)14-13-34(60(7,23-65)32(59)12-15-62(33,9)61(26,8)17-16-58(27,50)5)87-56-48(41(75)40(74)45(89-56)51(79)80)91-55-47(39(73)36(70)30(20-64)86-55)90-53-42(76)38(72)35(69)29(19-63)85-53/h10,27-50,52-56,63-65,68-78H,11-23H2,1-9H3,(H,79,80)/t27-,28-,29+,30+,31+,32+,33+,34-,35+,36-,37-,38-,39-,40-,41-,42+,43+,44-,45-,46+,47+,48+,49-,50+,52+,53-,54-,55-,56+,58+,59+,60+,61-,62-/m0/s1. The number of esters is 2. The number of hydrogen-bond donors (Lipinski definition) is 15. The molecule has 10 rings (SSSR count). The molecule has 92 heavy (non-hydrogen) atoms. The Morgan fingerprint density at radius 3 is 1.75 bits per heavy atom. The first-order valence-electron chi connectivity index (χ1n) is 32.1. The Balaban J connectivity index is 0.886. The van der Waals surface area contributed by atoms with Gasteiger partial charge < -0.3 is 133 Å². The molecular formula is C62H98O30. The maximum atomic E-state index is 12.7. The lowest BCUT2D eigenvalue weighted by atomic mass is 9.33. The van der Waals surface area contributed by atoms with E-state index >= 15 is 0 Å². The van der Waals surface area contributed by atoms with Crippen LogP contribution >= 0.6 is 0 Å². The minimum Gasteiger partial charge on any atom is -0.479 e. The van der Waals surface area contributed by atoms with Gasteiger partial charge in [-0.2, -0.15) is 0 Å².